The summed E-state index contributed by atoms with van der Waals surface area (Å²) in [7, 11) is 0. The van der Waals surface area contributed by atoms with Gasteiger partial charge in [-0.2, -0.15) is 0 Å². The number of hydrogen-bond donors (Lipinski definition) is 1. The summed E-state index contributed by atoms with van der Waals surface area (Å²) in [5.74, 6) is 0.792. The SMILES string of the molecule is CCc1cccc(NC(=O)COC(=O)C23C[C@@H]4C[C@@H](CC(Br)(C4)C2)C3)c1. The van der Waals surface area contributed by atoms with Crippen molar-refractivity contribution >= 4 is 33.5 Å². The number of ether oxygens (including phenoxy) is 1. The highest BCUT2D eigenvalue weighted by Gasteiger charge is 2.60. The molecule has 4 fully saturated rings. The van der Waals surface area contributed by atoms with Gasteiger partial charge in [-0.05, 0) is 74.5 Å². The second-order valence-electron chi connectivity index (χ2n) is 8.57. The minimum Gasteiger partial charge on any atom is -0.455 e. The molecular weight excluding hydrogens is 394 g/mol. The maximum absolute atomic E-state index is 12.9. The van der Waals surface area contributed by atoms with Gasteiger partial charge in [-0.1, -0.05) is 35.0 Å². The Morgan fingerprint density at radius 1 is 1.23 bits per heavy atom. The zero-order valence-electron chi connectivity index (χ0n) is 15.2. The molecule has 1 aromatic carbocycles. The first-order valence-corrected chi connectivity index (χ1v) is 10.4. The fourth-order valence-corrected chi connectivity index (χ4v) is 7.19. The first-order chi connectivity index (χ1) is 12.4. The number of rotatable bonds is 5. The van der Waals surface area contributed by atoms with Gasteiger partial charge in [0.15, 0.2) is 6.61 Å². The third-order valence-electron chi connectivity index (χ3n) is 6.38. The number of carbonyl (C=O) groups excluding carboxylic acids is 2. The first kappa shape index (κ1) is 18.0. The van der Waals surface area contributed by atoms with Crippen molar-refractivity contribution in [1.29, 1.82) is 0 Å². The van der Waals surface area contributed by atoms with Crippen LogP contribution >= 0.6 is 15.9 Å². The summed E-state index contributed by atoms with van der Waals surface area (Å²) < 4.78 is 5.60. The van der Waals surface area contributed by atoms with E-state index in [4.69, 9.17) is 4.74 Å². The van der Waals surface area contributed by atoms with E-state index < -0.39 is 0 Å². The molecule has 0 saturated heterocycles. The average Bonchev–Trinajstić information content (AvgIpc) is 2.57. The van der Waals surface area contributed by atoms with Crippen LogP contribution in [0.25, 0.3) is 0 Å². The summed E-state index contributed by atoms with van der Waals surface area (Å²) in [6, 6.07) is 7.75. The second-order valence-corrected chi connectivity index (χ2v) is 10.3. The van der Waals surface area contributed by atoms with E-state index in [0.29, 0.717) is 11.8 Å². The lowest BCUT2D eigenvalue weighted by molar-refractivity contribution is -0.170. The molecule has 0 aliphatic heterocycles. The Labute approximate surface area is 163 Å². The van der Waals surface area contributed by atoms with Crippen molar-refractivity contribution in [2.45, 2.75) is 56.2 Å². The van der Waals surface area contributed by atoms with E-state index >= 15 is 0 Å². The van der Waals surface area contributed by atoms with Crippen molar-refractivity contribution in [3.05, 3.63) is 29.8 Å². The Kier molecular flexibility index (Phi) is 4.62. The smallest absolute Gasteiger partial charge is 0.312 e. The Balaban J connectivity index is 1.36. The van der Waals surface area contributed by atoms with Gasteiger partial charge in [0.05, 0.1) is 5.41 Å². The normalized spacial score (nSPS) is 34.5. The van der Waals surface area contributed by atoms with Gasteiger partial charge in [0.2, 0.25) is 0 Å². The summed E-state index contributed by atoms with van der Waals surface area (Å²) in [4.78, 5) is 25.1. The Morgan fingerprint density at radius 2 is 1.96 bits per heavy atom. The van der Waals surface area contributed by atoms with E-state index in [2.05, 4.69) is 28.2 Å². The molecule has 0 aromatic heterocycles. The third-order valence-corrected chi connectivity index (χ3v) is 7.30. The molecule has 0 heterocycles. The van der Waals surface area contributed by atoms with Gasteiger partial charge in [0.25, 0.3) is 5.91 Å². The predicted octanol–water partition coefficient (Wildman–Crippen LogP) is 4.46. The standard InChI is InChI=1S/C21H26BrNO3/c1-2-14-4-3-5-17(7-14)23-18(24)12-26-19(25)20-8-15-6-16(9-20)11-21(22,10-15)13-20/h3-5,7,15-16H,2,6,8-13H2,1H3,(H,23,24)/t15-,16+,20?,21?. The molecule has 1 amide bonds. The maximum atomic E-state index is 12.9. The van der Waals surface area contributed by atoms with E-state index in [1.165, 1.54) is 19.3 Å². The second kappa shape index (κ2) is 6.66. The van der Waals surface area contributed by atoms with Gasteiger partial charge in [-0.3, -0.25) is 9.59 Å². The van der Waals surface area contributed by atoms with Crippen LogP contribution in [0.1, 0.15) is 51.0 Å². The van der Waals surface area contributed by atoms with Crippen LogP contribution in [0.2, 0.25) is 0 Å². The maximum Gasteiger partial charge on any atom is 0.312 e. The molecule has 4 saturated carbocycles. The summed E-state index contributed by atoms with van der Waals surface area (Å²) >= 11 is 3.91. The molecule has 2 unspecified atom stereocenters. The van der Waals surface area contributed by atoms with E-state index in [1.807, 2.05) is 24.3 Å². The zero-order valence-corrected chi connectivity index (χ0v) is 16.8. The number of esters is 1. The molecule has 1 aromatic rings. The van der Waals surface area contributed by atoms with Crippen molar-refractivity contribution < 1.29 is 14.3 Å². The molecule has 4 atom stereocenters. The minimum absolute atomic E-state index is 0.110. The average molecular weight is 420 g/mol. The number of benzene rings is 1. The highest BCUT2D eigenvalue weighted by molar-refractivity contribution is 9.10. The quantitative estimate of drug-likeness (QED) is 0.565. The third kappa shape index (κ3) is 3.42. The Morgan fingerprint density at radius 3 is 2.62 bits per heavy atom. The van der Waals surface area contributed by atoms with Crippen LogP contribution in [0.15, 0.2) is 24.3 Å². The van der Waals surface area contributed by atoms with E-state index in [0.717, 1.165) is 36.9 Å². The van der Waals surface area contributed by atoms with Crippen LogP contribution in [-0.2, 0) is 20.7 Å². The lowest BCUT2D eigenvalue weighted by Gasteiger charge is -2.58. The van der Waals surface area contributed by atoms with Crippen molar-refractivity contribution in [1.82, 2.24) is 0 Å². The molecular formula is C21H26BrNO3. The van der Waals surface area contributed by atoms with Crippen LogP contribution in [0.5, 0.6) is 0 Å². The molecule has 1 N–H and O–H groups in total. The van der Waals surface area contributed by atoms with Crippen molar-refractivity contribution in [3.63, 3.8) is 0 Å². The molecule has 4 aliphatic carbocycles. The predicted molar refractivity (Wildman–Crippen MR) is 104 cm³/mol. The topological polar surface area (TPSA) is 55.4 Å². The van der Waals surface area contributed by atoms with Gasteiger partial charge in [-0.15, -0.1) is 0 Å². The molecule has 26 heavy (non-hydrogen) atoms. The fourth-order valence-electron chi connectivity index (χ4n) is 5.74. The van der Waals surface area contributed by atoms with Crippen molar-refractivity contribution in [2.75, 3.05) is 11.9 Å². The molecule has 4 nitrogen and oxygen atoms in total. The highest BCUT2D eigenvalue weighted by atomic mass is 79.9. The summed E-state index contributed by atoms with van der Waals surface area (Å²) in [6.07, 6.45) is 7.21. The van der Waals surface area contributed by atoms with Crippen LogP contribution in [0.3, 0.4) is 0 Å². The summed E-state index contributed by atoms with van der Waals surface area (Å²) in [5, 5.41) is 2.83. The fraction of sp³-hybridized carbons (Fsp3) is 0.619. The van der Waals surface area contributed by atoms with Crippen molar-refractivity contribution in [2.24, 2.45) is 17.3 Å². The van der Waals surface area contributed by atoms with E-state index in [-0.39, 0.29) is 28.2 Å². The molecule has 0 spiro atoms. The molecule has 0 radical (unpaired) electrons. The van der Waals surface area contributed by atoms with Gasteiger partial charge < -0.3 is 10.1 Å². The molecule has 5 heteroatoms. The minimum atomic E-state index is -0.379. The molecule has 5 rings (SSSR count). The van der Waals surface area contributed by atoms with Crippen LogP contribution in [0, 0.1) is 17.3 Å². The number of anilines is 1. The van der Waals surface area contributed by atoms with Gasteiger partial charge in [0.1, 0.15) is 0 Å². The lowest BCUT2D eigenvalue weighted by atomic mass is 9.49. The van der Waals surface area contributed by atoms with Gasteiger partial charge in [0, 0.05) is 10.0 Å². The molecule has 140 valence electrons. The number of aryl methyl sites for hydroxylation is 1. The van der Waals surface area contributed by atoms with Crippen molar-refractivity contribution in [3.8, 4) is 0 Å². The zero-order chi connectivity index (χ0) is 18.4. The largest absolute Gasteiger partial charge is 0.455 e. The number of nitrogens with one attached hydrogen (secondary N) is 1. The van der Waals surface area contributed by atoms with E-state index in [1.54, 1.807) is 0 Å². The van der Waals surface area contributed by atoms with Crippen LogP contribution in [0.4, 0.5) is 5.69 Å². The van der Waals surface area contributed by atoms with E-state index in [9.17, 15) is 9.59 Å². The van der Waals surface area contributed by atoms with Crippen LogP contribution in [-0.4, -0.2) is 22.8 Å². The van der Waals surface area contributed by atoms with Gasteiger partial charge >= 0.3 is 5.97 Å². The first-order valence-electron chi connectivity index (χ1n) is 9.65. The molecule has 4 bridgehead atoms. The number of carbonyl (C=O) groups is 2. The monoisotopic (exact) mass is 419 g/mol. The summed E-state index contributed by atoms with van der Waals surface area (Å²) in [6.45, 7) is 1.87. The number of halogens is 1. The lowest BCUT2D eigenvalue weighted by Crippen LogP contribution is -2.56. The number of alkyl halides is 1. The van der Waals surface area contributed by atoms with Gasteiger partial charge in [-0.25, -0.2) is 0 Å². The highest BCUT2D eigenvalue weighted by Crippen LogP contribution is 2.64. The molecule has 4 aliphatic rings. The summed E-state index contributed by atoms with van der Waals surface area (Å²) in [5.41, 5.74) is 1.53. The Bertz CT molecular complexity index is 718. The van der Waals surface area contributed by atoms with Crippen LogP contribution < -0.4 is 5.32 Å². The Hall–Kier alpha value is -1.36. The number of hydrogen-bond acceptors (Lipinski definition) is 3. The number of amides is 1.